The van der Waals surface area contributed by atoms with Crippen molar-refractivity contribution in [3.63, 3.8) is 0 Å². The molecule has 2 aliphatic heterocycles. The van der Waals surface area contributed by atoms with Crippen LogP contribution in [0.15, 0.2) is 12.4 Å². The number of sulfonamides is 1. The Bertz CT molecular complexity index is 666. The summed E-state index contributed by atoms with van der Waals surface area (Å²) in [4.78, 5) is 10.4. The van der Waals surface area contributed by atoms with Crippen molar-refractivity contribution in [1.29, 1.82) is 0 Å². The van der Waals surface area contributed by atoms with Crippen LogP contribution < -0.4 is 14.4 Å². The SMILES string of the molecule is CCS(=O)(=O)NC[C@@H]1CCC2(CN(c3cc(OC)ncn3)C2)OC1. The van der Waals surface area contributed by atoms with Crippen molar-refractivity contribution >= 4 is 15.8 Å². The van der Waals surface area contributed by atoms with E-state index in [4.69, 9.17) is 9.47 Å². The van der Waals surface area contributed by atoms with E-state index in [1.165, 1.54) is 6.33 Å². The maximum Gasteiger partial charge on any atom is 0.218 e. The molecule has 134 valence electrons. The van der Waals surface area contributed by atoms with Gasteiger partial charge in [0.2, 0.25) is 15.9 Å². The van der Waals surface area contributed by atoms with E-state index in [1.54, 1.807) is 14.0 Å². The van der Waals surface area contributed by atoms with Gasteiger partial charge in [-0.25, -0.2) is 23.1 Å². The predicted octanol–water partition coefficient (Wildman–Crippen LogP) is 0.410. The fraction of sp³-hybridized carbons (Fsp3) is 0.733. The van der Waals surface area contributed by atoms with Gasteiger partial charge in [0.15, 0.2) is 0 Å². The first-order valence-electron chi connectivity index (χ1n) is 8.17. The van der Waals surface area contributed by atoms with Crippen LogP contribution in [0.1, 0.15) is 19.8 Å². The van der Waals surface area contributed by atoms with E-state index in [0.717, 1.165) is 31.7 Å². The minimum absolute atomic E-state index is 0.113. The number of methoxy groups -OCH3 is 1. The van der Waals surface area contributed by atoms with Gasteiger partial charge in [0, 0.05) is 12.6 Å². The lowest BCUT2D eigenvalue weighted by molar-refractivity contribution is -0.114. The zero-order chi connectivity index (χ0) is 17.2. The fourth-order valence-corrected chi connectivity index (χ4v) is 3.79. The van der Waals surface area contributed by atoms with Crippen LogP contribution in [0.25, 0.3) is 0 Å². The van der Waals surface area contributed by atoms with Crippen molar-refractivity contribution < 1.29 is 17.9 Å². The molecule has 9 heteroatoms. The largest absolute Gasteiger partial charge is 0.481 e. The highest BCUT2D eigenvalue weighted by Gasteiger charge is 2.47. The molecule has 0 aromatic carbocycles. The van der Waals surface area contributed by atoms with Crippen molar-refractivity contribution in [3.8, 4) is 5.88 Å². The number of aromatic nitrogens is 2. The van der Waals surface area contributed by atoms with Crippen molar-refractivity contribution in [2.24, 2.45) is 5.92 Å². The standard InChI is InChI=1S/C15H24N4O4S/c1-3-24(20,21)18-7-12-4-5-15(23-8-12)9-19(10-15)13-6-14(22-2)17-11-16-13/h6,11-12,18H,3-5,7-10H2,1-2H3/t12-/m0/s1. The molecule has 0 aliphatic carbocycles. The van der Waals surface area contributed by atoms with Crippen LogP contribution in [-0.4, -0.2) is 63.1 Å². The first-order valence-corrected chi connectivity index (χ1v) is 9.83. The summed E-state index contributed by atoms with van der Waals surface area (Å²) in [5.41, 5.74) is -0.127. The van der Waals surface area contributed by atoms with E-state index in [-0.39, 0.29) is 17.3 Å². The molecule has 0 radical (unpaired) electrons. The summed E-state index contributed by atoms with van der Waals surface area (Å²) in [5, 5.41) is 0. The van der Waals surface area contributed by atoms with Crippen LogP contribution >= 0.6 is 0 Å². The lowest BCUT2D eigenvalue weighted by Gasteiger charge is -2.53. The van der Waals surface area contributed by atoms with E-state index in [2.05, 4.69) is 19.6 Å². The summed E-state index contributed by atoms with van der Waals surface area (Å²) < 4.78 is 36.8. The predicted molar refractivity (Wildman–Crippen MR) is 89.7 cm³/mol. The van der Waals surface area contributed by atoms with Crippen LogP contribution in [0.5, 0.6) is 5.88 Å². The Balaban J connectivity index is 1.48. The van der Waals surface area contributed by atoms with Gasteiger partial charge in [0.1, 0.15) is 17.7 Å². The Morgan fingerprint density at radius 2 is 2.25 bits per heavy atom. The molecular formula is C15H24N4O4S. The van der Waals surface area contributed by atoms with Crippen LogP contribution in [-0.2, 0) is 14.8 Å². The molecule has 0 amide bonds. The van der Waals surface area contributed by atoms with Gasteiger partial charge in [-0.3, -0.25) is 0 Å². The number of ether oxygens (including phenoxy) is 2. The molecule has 1 spiro atoms. The van der Waals surface area contributed by atoms with E-state index in [9.17, 15) is 8.42 Å². The van der Waals surface area contributed by atoms with Gasteiger partial charge < -0.3 is 14.4 Å². The minimum Gasteiger partial charge on any atom is -0.481 e. The molecule has 24 heavy (non-hydrogen) atoms. The third-order valence-corrected chi connectivity index (χ3v) is 6.09. The van der Waals surface area contributed by atoms with E-state index in [1.807, 2.05) is 6.07 Å². The molecule has 1 N–H and O–H groups in total. The zero-order valence-corrected chi connectivity index (χ0v) is 14.9. The topological polar surface area (TPSA) is 93.7 Å². The molecule has 2 fully saturated rings. The maximum atomic E-state index is 11.5. The fourth-order valence-electron chi connectivity index (χ4n) is 3.10. The van der Waals surface area contributed by atoms with Gasteiger partial charge >= 0.3 is 0 Å². The molecular weight excluding hydrogens is 332 g/mol. The third kappa shape index (κ3) is 3.79. The first-order chi connectivity index (χ1) is 11.5. The van der Waals surface area contributed by atoms with E-state index in [0.29, 0.717) is 19.0 Å². The normalized spacial score (nSPS) is 23.1. The number of nitrogens with zero attached hydrogens (tertiary/aromatic N) is 3. The second-order valence-electron chi connectivity index (χ2n) is 6.43. The Morgan fingerprint density at radius 1 is 1.46 bits per heavy atom. The lowest BCUT2D eigenvalue weighted by Crippen LogP contribution is -2.65. The highest BCUT2D eigenvalue weighted by atomic mass is 32.2. The molecule has 1 atom stereocenters. The summed E-state index contributed by atoms with van der Waals surface area (Å²) in [6.07, 6.45) is 3.40. The molecule has 0 bridgehead atoms. The quantitative estimate of drug-likeness (QED) is 0.789. The third-order valence-electron chi connectivity index (χ3n) is 4.72. The smallest absolute Gasteiger partial charge is 0.218 e. The summed E-state index contributed by atoms with van der Waals surface area (Å²) in [5.74, 6) is 1.75. The Hall–Kier alpha value is -1.45. The summed E-state index contributed by atoms with van der Waals surface area (Å²) in [6, 6.07) is 1.82. The van der Waals surface area contributed by atoms with Crippen molar-refractivity contribution in [2.75, 3.05) is 44.0 Å². The van der Waals surface area contributed by atoms with Crippen LogP contribution in [0.3, 0.4) is 0 Å². The number of hydrogen-bond acceptors (Lipinski definition) is 7. The second-order valence-corrected chi connectivity index (χ2v) is 8.52. The number of rotatable bonds is 6. The second kappa shape index (κ2) is 6.81. The van der Waals surface area contributed by atoms with Crippen molar-refractivity contribution in [3.05, 3.63) is 12.4 Å². The Morgan fingerprint density at radius 3 is 2.88 bits per heavy atom. The highest BCUT2D eigenvalue weighted by molar-refractivity contribution is 7.89. The average molecular weight is 356 g/mol. The molecule has 0 unspecified atom stereocenters. The van der Waals surface area contributed by atoms with Crippen molar-refractivity contribution in [2.45, 2.75) is 25.4 Å². The lowest BCUT2D eigenvalue weighted by atomic mass is 9.83. The van der Waals surface area contributed by atoms with Gasteiger partial charge in [0.25, 0.3) is 0 Å². The number of anilines is 1. The van der Waals surface area contributed by atoms with Crippen molar-refractivity contribution in [1.82, 2.24) is 14.7 Å². The van der Waals surface area contributed by atoms with E-state index >= 15 is 0 Å². The highest BCUT2D eigenvalue weighted by Crippen LogP contribution is 2.38. The Labute approximate surface area is 142 Å². The van der Waals surface area contributed by atoms with Gasteiger partial charge in [0.05, 0.1) is 32.6 Å². The zero-order valence-electron chi connectivity index (χ0n) is 14.1. The average Bonchev–Trinajstić information content (AvgIpc) is 2.58. The molecule has 3 rings (SSSR count). The molecule has 3 heterocycles. The molecule has 2 saturated heterocycles. The summed E-state index contributed by atoms with van der Waals surface area (Å²) in [7, 11) is -1.55. The minimum atomic E-state index is -3.13. The monoisotopic (exact) mass is 356 g/mol. The number of hydrogen-bond donors (Lipinski definition) is 1. The number of nitrogens with one attached hydrogen (secondary N) is 1. The summed E-state index contributed by atoms with van der Waals surface area (Å²) >= 11 is 0. The molecule has 0 saturated carbocycles. The summed E-state index contributed by atoms with van der Waals surface area (Å²) in [6.45, 7) is 4.27. The van der Waals surface area contributed by atoms with Gasteiger partial charge in [-0.1, -0.05) is 0 Å². The first kappa shape index (κ1) is 17.4. The van der Waals surface area contributed by atoms with Crippen LogP contribution in [0.4, 0.5) is 5.82 Å². The molecule has 1 aromatic heterocycles. The Kier molecular flexibility index (Phi) is 4.93. The molecule has 2 aliphatic rings. The van der Waals surface area contributed by atoms with Gasteiger partial charge in [-0.2, -0.15) is 0 Å². The van der Waals surface area contributed by atoms with Crippen LogP contribution in [0, 0.1) is 5.92 Å². The van der Waals surface area contributed by atoms with E-state index < -0.39 is 10.0 Å². The van der Waals surface area contributed by atoms with Crippen LogP contribution in [0.2, 0.25) is 0 Å². The molecule has 8 nitrogen and oxygen atoms in total. The van der Waals surface area contributed by atoms with Gasteiger partial charge in [-0.15, -0.1) is 0 Å². The molecule has 1 aromatic rings. The van der Waals surface area contributed by atoms with Gasteiger partial charge in [-0.05, 0) is 25.7 Å². The maximum absolute atomic E-state index is 11.5.